The van der Waals surface area contributed by atoms with Crippen molar-refractivity contribution < 1.29 is 13.2 Å². The minimum atomic E-state index is -3.80. The molecule has 1 aromatic rings. The van der Waals surface area contributed by atoms with Gasteiger partial charge in [-0.05, 0) is 24.6 Å². The Hall–Kier alpha value is -0.590. The van der Waals surface area contributed by atoms with Crippen molar-refractivity contribution in [2.75, 3.05) is 6.54 Å². The fourth-order valence-corrected chi connectivity index (χ4v) is 4.16. The van der Waals surface area contributed by atoms with Gasteiger partial charge in [0.15, 0.2) is 0 Å². The van der Waals surface area contributed by atoms with Crippen LogP contribution >= 0.6 is 27.5 Å². The molecule has 1 aromatic carbocycles. The fraction of sp³-hybridized carbons (Fsp3) is 0.300. The predicted molar refractivity (Wildman–Crippen MR) is 67.3 cm³/mol. The van der Waals surface area contributed by atoms with Crippen LogP contribution in [0, 0.1) is 0 Å². The number of sulfonamides is 1. The van der Waals surface area contributed by atoms with Crippen molar-refractivity contribution in [3.8, 4) is 0 Å². The van der Waals surface area contributed by atoms with Gasteiger partial charge in [0.25, 0.3) is 10.0 Å². The summed E-state index contributed by atoms with van der Waals surface area (Å²) in [7, 11) is -3.80. The van der Waals surface area contributed by atoms with E-state index < -0.39 is 10.0 Å². The van der Waals surface area contributed by atoms with E-state index in [1.165, 1.54) is 12.1 Å². The molecule has 0 saturated carbocycles. The predicted octanol–water partition coefficient (Wildman–Crippen LogP) is 2.41. The number of amides is 1. The highest BCUT2D eigenvalue weighted by atomic mass is 79.9. The highest BCUT2D eigenvalue weighted by Gasteiger charge is 2.33. The van der Waals surface area contributed by atoms with E-state index in [-0.39, 0.29) is 28.8 Å². The largest absolute Gasteiger partial charge is 0.274 e. The number of hydrogen-bond acceptors (Lipinski definition) is 3. The molecule has 0 bridgehead atoms. The Labute approximate surface area is 113 Å². The minimum absolute atomic E-state index is 0.0300. The summed E-state index contributed by atoms with van der Waals surface area (Å²) in [6.07, 6.45) is 0.833. The monoisotopic (exact) mass is 337 g/mol. The first-order valence-corrected chi connectivity index (χ1v) is 7.54. The van der Waals surface area contributed by atoms with E-state index in [1.54, 1.807) is 6.07 Å². The van der Waals surface area contributed by atoms with Crippen molar-refractivity contribution in [1.29, 1.82) is 0 Å². The summed E-state index contributed by atoms with van der Waals surface area (Å²) in [6.45, 7) is 0.230. The van der Waals surface area contributed by atoms with Crippen LogP contribution in [0.25, 0.3) is 0 Å². The summed E-state index contributed by atoms with van der Waals surface area (Å²) in [5.74, 6) is -0.371. The molecule has 0 aromatic heterocycles. The van der Waals surface area contributed by atoms with E-state index in [1.807, 2.05) is 0 Å². The van der Waals surface area contributed by atoms with Gasteiger partial charge in [-0.3, -0.25) is 4.79 Å². The number of carbonyl (C=O) groups is 1. The zero-order valence-electron chi connectivity index (χ0n) is 8.69. The number of halogens is 2. The second kappa shape index (κ2) is 4.59. The number of nitrogens with zero attached hydrogens (tertiary/aromatic N) is 1. The Balaban J connectivity index is 2.48. The molecule has 2 rings (SSSR count). The third-order valence-corrected chi connectivity index (χ3v) is 5.29. The van der Waals surface area contributed by atoms with Gasteiger partial charge in [0.2, 0.25) is 5.91 Å². The SMILES string of the molecule is O=C1CCCN1S(=O)(=O)c1ccc(Br)cc1Cl. The van der Waals surface area contributed by atoms with Crippen molar-refractivity contribution in [2.45, 2.75) is 17.7 Å². The standard InChI is InChI=1S/C10H9BrClNO3S/c11-7-3-4-9(8(12)6-7)17(15,16)13-5-1-2-10(13)14/h3-4,6H,1-2,5H2. The second-order valence-electron chi connectivity index (χ2n) is 3.65. The first-order chi connectivity index (χ1) is 7.93. The Morgan fingerprint density at radius 1 is 1.35 bits per heavy atom. The first kappa shape index (κ1) is 12.9. The van der Waals surface area contributed by atoms with Crippen molar-refractivity contribution in [1.82, 2.24) is 4.31 Å². The molecule has 17 heavy (non-hydrogen) atoms. The van der Waals surface area contributed by atoms with Crippen LogP contribution in [-0.2, 0) is 14.8 Å². The molecule has 7 heteroatoms. The molecule has 1 saturated heterocycles. The normalized spacial score (nSPS) is 16.6. The van der Waals surface area contributed by atoms with Gasteiger partial charge in [-0.2, -0.15) is 0 Å². The Morgan fingerprint density at radius 2 is 2.06 bits per heavy atom. The third kappa shape index (κ3) is 2.34. The Morgan fingerprint density at radius 3 is 2.59 bits per heavy atom. The maximum absolute atomic E-state index is 12.2. The maximum atomic E-state index is 12.2. The van der Waals surface area contributed by atoms with E-state index in [2.05, 4.69) is 15.9 Å². The molecular weight excluding hydrogens is 330 g/mol. The van der Waals surface area contributed by atoms with Gasteiger partial charge in [-0.25, -0.2) is 12.7 Å². The van der Waals surface area contributed by atoms with E-state index in [9.17, 15) is 13.2 Å². The summed E-state index contributed by atoms with van der Waals surface area (Å²) >= 11 is 9.09. The summed E-state index contributed by atoms with van der Waals surface area (Å²) in [5.41, 5.74) is 0. The zero-order chi connectivity index (χ0) is 12.6. The molecule has 0 aliphatic carbocycles. The molecule has 92 valence electrons. The van der Waals surface area contributed by atoms with E-state index in [4.69, 9.17) is 11.6 Å². The van der Waals surface area contributed by atoms with Crippen LogP contribution < -0.4 is 0 Å². The minimum Gasteiger partial charge on any atom is -0.274 e. The van der Waals surface area contributed by atoms with Crippen LogP contribution in [0.4, 0.5) is 0 Å². The number of rotatable bonds is 2. The van der Waals surface area contributed by atoms with E-state index >= 15 is 0 Å². The zero-order valence-corrected chi connectivity index (χ0v) is 11.8. The van der Waals surface area contributed by atoms with Crippen molar-refractivity contribution in [3.05, 3.63) is 27.7 Å². The molecule has 1 fully saturated rings. The molecule has 0 atom stereocenters. The average molecular weight is 339 g/mol. The molecule has 1 aliphatic rings. The molecule has 1 amide bonds. The smallest absolute Gasteiger partial charge is 0.267 e. The molecule has 1 aliphatic heterocycles. The molecule has 1 heterocycles. The van der Waals surface area contributed by atoms with Gasteiger partial charge in [-0.1, -0.05) is 27.5 Å². The lowest BCUT2D eigenvalue weighted by molar-refractivity contribution is -0.123. The Kier molecular flexibility index (Phi) is 3.47. The molecule has 0 unspecified atom stereocenters. The lowest BCUT2D eigenvalue weighted by Crippen LogP contribution is -2.32. The van der Waals surface area contributed by atoms with Crippen LogP contribution in [0.5, 0.6) is 0 Å². The molecule has 0 N–H and O–H groups in total. The van der Waals surface area contributed by atoms with Gasteiger partial charge < -0.3 is 0 Å². The first-order valence-electron chi connectivity index (χ1n) is 4.93. The molecule has 4 nitrogen and oxygen atoms in total. The quantitative estimate of drug-likeness (QED) is 0.832. The topological polar surface area (TPSA) is 54.5 Å². The second-order valence-corrected chi connectivity index (χ2v) is 6.80. The Bertz CT molecular complexity index is 573. The lowest BCUT2D eigenvalue weighted by atomic mass is 10.4. The van der Waals surface area contributed by atoms with Crippen LogP contribution in [0.15, 0.2) is 27.6 Å². The van der Waals surface area contributed by atoms with Crippen LogP contribution in [0.2, 0.25) is 5.02 Å². The summed E-state index contributed by atoms with van der Waals surface area (Å²) in [5, 5.41) is 0.110. The summed E-state index contributed by atoms with van der Waals surface area (Å²) < 4.78 is 25.9. The average Bonchev–Trinajstić information content (AvgIpc) is 2.64. The van der Waals surface area contributed by atoms with Gasteiger partial charge in [-0.15, -0.1) is 0 Å². The molecule has 0 radical (unpaired) electrons. The van der Waals surface area contributed by atoms with E-state index in [0.29, 0.717) is 10.9 Å². The van der Waals surface area contributed by atoms with Crippen LogP contribution in [0.3, 0.4) is 0 Å². The maximum Gasteiger partial charge on any atom is 0.267 e. The van der Waals surface area contributed by atoms with Crippen molar-refractivity contribution in [3.63, 3.8) is 0 Å². The fourth-order valence-electron chi connectivity index (χ4n) is 1.68. The number of carbonyl (C=O) groups excluding carboxylic acids is 1. The lowest BCUT2D eigenvalue weighted by Gasteiger charge is -2.16. The summed E-state index contributed by atoms with van der Waals surface area (Å²) in [4.78, 5) is 11.4. The van der Waals surface area contributed by atoms with Gasteiger partial charge >= 0.3 is 0 Å². The number of benzene rings is 1. The van der Waals surface area contributed by atoms with Crippen molar-refractivity contribution >= 4 is 43.5 Å². The van der Waals surface area contributed by atoms with Gasteiger partial charge in [0, 0.05) is 17.4 Å². The molecule has 0 spiro atoms. The summed E-state index contributed by atoms with van der Waals surface area (Å²) in [6, 6.07) is 4.47. The van der Waals surface area contributed by atoms with Crippen LogP contribution in [0.1, 0.15) is 12.8 Å². The molecular formula is C10H9BrClNO3S. The third-order valence-electron chi connectivity index (χ3n) is 2.49. The number of hydrogen-bond donors (Lipinski definition) is 0. The van der Waals surface area contributed by atoms with E-state index in [0.717, 1.165) is 4.31 Å². The highest BCUT2D eigenvalue weighted by molar-refractivity contribution is 9.10. The van der Waals surface area contributed by atoms with Gasteiger partial charge in [0.05, 0.1) is 5.02 Å². The van der Waals surface area contributed by atoms with Gasteiger partial charge in [0.1, 0.15) is 4.90 Å². The van der Waals surface area contributed by atoms with Crippen molar-refractivity contribution in [2.24, 2.45) is 0 Å². The van der Waals surface area contributed by atoms with Crippen LogP contribution in [-0.4, -0.2) is 25.2 Å². The highest BCUT2D eigenvalue weighted by Crippen LogP contribution is 2.29.